The molecule has 2 N–H and O–H groups in total. The second kappa shape index (κ2) is 9.78. The molecule has 0 aromatic carbocycles. The standard InChI is InChI=1S/C17H36N2O2/c1-5-17(6-2,13-18-15(3)4)14-19-9-7-16(8-10-19)21-12-11-20/h15-16,18,20H,5-14H2,1-4H3. The van der Waals surface area contributed by atoms with Gasteiger partial charge in [0.15, 0.2) is 0 Å². The molecular weight excluding hydrogens is 264 g/mol. The number of rotatable bonds is 10. The van der Waals surface area contributed by atoms with Crippen LogP contribution in [0.4, 0.5) is 0 Å². The largest absolute Gasteiger partial charge is 0.394 e. The molecule has 0 saturated carbocycles. The van der Waals surface area contributed by atoms with E-state index in [9.17, 15) is 0 Å². The van der Waals surface area contributed by atoms with Gasteiger partial charge in [0.2, 0.25) is 0 Å². The average Bonchev–Trinajstić information content (AvgIpc) is 2.50. The number of aliphatic hydroxyl groups excluding tert-OH is 1. The van der Waals surface area contributed by atoms with Crippen molar-refractivity contribution in [1.29, 1.82) is 0 Å². The second-order valence-electron chi connectivity index (χ2n) is 6.81. The van der Waals surface area contributed by atoms with Gasteiger partial charge in [-0.2, -0.15) is 0 Å². The van der Waals surface area contributed by atoms with Gasteiger partial charge in [-0.05, 0) is 31.1 Å². The van der Waals surface area contributed by atoms with E-state index in [1.54, 1.807) is 0 Å². The third-order valence-corrected chi connectivity index (χ3v) is 4.92. The Kier molecular flexibility index (Phi) is 8.79. The van der Waals surface area contributed by atoms with Crippen molar-refractivity contribution in [2.75, 3.05) is 39.4 Å². The number of ether oxygens (including phenoxy) is 1. The topological polar surface area (TPSA) is 44.7 Å². The van der Waals surface area contributed by atoms with Crippen molar-refractivity contribution < 1.29 is 9.84 Å². The summed E-state index contributed by atoms with van der Waals surface area (Å²) in [4.78, 5) is 2.60. The fourth-order valence-electron chi connectivity index (χ4n) is 3.13. The number of nitrogens with one attached hydrogen (secondary N) is 1. The van der Waals surface area contributed by atoms with E-state index in [-0.39, 0.29) is 6.61 Å². The van der Waals surface area contributed by atoms with Crippen molar-refractivity contribution in [3.05, 3.63) is 0 Å². The van der Waals surface area contributed by atoms with E-state index >= 15 is 0 Å². The van der Waals surface area contributed by atoms with Crippen molar-refractivity contribution in [2.24, 2.45) is 5.41 Å². The Balaban J connectivity index is 2.42. The lowest BCUT2D eigenvalue weighted by molar-refractivity contribution is -0.0156. The molecule has 0 spiro atoms. The summed E-state index contributed by atoms with van der Waals surface area (Å²) in [6.45, 7) is 14.3. The van der Waals surface area contributed by atoms with Crippen molar-refractivity contribution in [3.63, 3.8) is 0 Å². The van der Waals surface area contributed by atoms with Gasteiger partial charge in [0.05, 0.1) is 19.3 Å². The van der Waals surface area contributed by atoms with Crippen LogP contribution in [0.1, 0.15) is 53.4 Å². The van der Waals surface area contributed by atoms with Crippen molar-refractivity contribution in [1.82, 2.24) is 10.2 Å². The maximum atomic E-state index is 8.83. The lowest BCUT2D eigenvalue weighted by Gasteiger charge is -2.41. The third kappa shape index (κ3) is 6.64. The van der Waals surface area contributed by atoms with Gasteiger partial charge >= 0.3 is 0 Å². The molecule has 0 amide bonds. The van der Waals surface area contributed by atoms with Crippen LogP contribution in [-0.4, -0.2) is 61.5 Å². The fourth-order valence-corrected chi connectivity index (χ4v) is 3.13. The molecule has 1 rings (SSSR count). The quantitative estimate of drug-likeness (QED) is 0.649. The summed E-state index contributed by atoms with van der Waals surface area (Å²) in [6.07, 6.45) is 5.00. The highest BCUT2D eigenvalue weighted by Crippen LogP contribution is 2.28. The van der Waals surface area contributed by atoms with E-state index < -0.39 is 0 Å². The van der Waals surface area contributed by atoms with E-state index in [1.807, 2.05) is 0 Å². The molecule has 0 bridgehead atoms. The first-order chi connectivity index (χ1) is 10.0. The number of hydrogen-bond acceptors (Lipinski definition) is 4. The molecule has 1 aliphatic heterocycles. The first kappa shape index (κ1) is 18.9. The lowest BCUT2D eigenvalue weighted by Crippen LogP contribution is -2.48. The van der Waals surface area contributed by atoms with Crippen LogP contribution in [-0.2, 0) is 4.74 Å². The lowest BCUT2D eigenvalue weighted by atomic mass is 9.81. The van der Waals surface area contributed by atoms with E-state index in [0.717, 1.165) is 32.5 Å². The zero-order valence-electron chi connectivity index (χ0n) is 14.5. The van der Waals surface area contributed by atoms with Crippen LogP contribution in [0.3, 0.4) is 0 Å². The molecule has 21 heavy (non-hydrogen) atoms. The summed E-state index contributed by atoms with van der Waals surface area (Å²) in [7, 11) is 0. The average molecular weight is 300 g/mol. The van der Waals surface area contributed by atoms with Gasteiger partial charge in [-0.25, -0.2) is 0 Å². The van der Waals surface area contributed by atoms with Crippen molar-refractivity contribution in [2.45, 2.75) is 65.5 Å². The third-order valence-electron chi connectivity index (χ3n) is 4.92. The predicted molar refractivity (Wildman–Crippen MR) is 88.7 cm³/mol. The first-order valence-corrected chi connectivity index (χ1v) is 8.73. The second-order valence-corrected chi connectivity index (χ2v) is 6.81. The first-order valence-electron chi connectivity index (χ1n) is 8.73. The smallest absolute Gasteiger partial charge is 0.0701 e. The molecule has 0 aromatic heterocycles. The van der Waals surface area contributed by atoms with Gasteiger partial charge in [-0.1, -0.05) is 27.7 Å². The Hall–Kier alpha value is -0.160. The summed E-state index contributed by atoms with van der Waals surface area (Å²) in [5.74, 6) is 0. The van der Waals surface area contributed by atoms with E-state index in [1.165, 1.54) is 19.4 Å². The molecule has 1 heterocycles. The maximum absolute atomic E-state index is 8.83. The van der Waals surface area contributed by atoms with Gasteiger partial charge in [-0.3, -0.25) is 0 Å². The normalized spacial score (nSPS) is 18.6. The summed E-state index contributed by atoms with van der Waals surface area (Å²) < 4.78 is 5.65. The SMILES string of the molecule is CCC(CC)(CNC(C)C)CN1CCC(OCCO)CC1. The summed E-state index contributed by atoms with van der Waals surface area (Å²) in [5.41, 5.74) is 0.392. The minimum Gasteiger partial charge on any atom is -0.394 e. The Morgan fingerprint density at radius 3 is 2.33 bits per heavy atom. The van der Waals surface area contributed by atoms with Crippen molar-refractivity contribution >= 4 is 0 Å². The Morgan fingerprint density at radius 1 is 1.24 bits per heavy atom. The maximum Gasteiger partial charge on any atom is 0.0701 e. The Bertz CT molecular complexity index is 260. The molecule has 1 fully saturated rings. The molecule has 0 unspecified atom stereocenters. The molecule has 4 heteroatoms. The molecule has 0 aliphatic carbocycles. The van der Waals surface area contributed by atoms with E-state index in [2.05, 4.69) is 37.9 Å². The molecule has 1 aliphatic rings. The molecule has 4 nitrogen and oxygen atoms in total. The summed E-state index contributed by atoms with van der Waals surface area (Å²) >= 11 is 0. The highest BCUT2D eigenvalue weighted by molar-refractivity contribution is 4.85. The van der Waals surface area contributed by atoms with Crippen LogP contribution < -0.4 is 5.32 Å². The van der Waals surface area contributed by atoms with E-state index in [4.69, 9.17) is 9.84 Å². The molecule has 0 aromatic rings. The van der Waals surface area contributed by atoms with Crippen LogP contribution in [0.5, 0.6) is 0 Å². The minimum atomic E-state index is 0.135. The van der Waals surface area contributed by atoms with Gasteiger partial charge in [0, 0.05) is 32.2 Å². The van der Waals surface area contributed by atoms with Crippen LogP contribution >= 0.6 is 0 Å². The number of likely N-dealkylation sites (tertiary alicyclic amines) is 1. The number of piperidine rings is 1. The van der Waals surface area contributed by atoms with Crippen LogP contribution in [0, 0.1) is 5.41 Å². The van der Waals surface area contributed by atoms with Gasteiger partial charge in [0.1, 0.15) is 0 Å². The van der Waals surface area contributed by atoms with Gasteiger partial charge in [-0.15, -0.1) is 0 Å². The Labute approximate surface area is 131 Å². The molecule has 126 valence electrons. The zero-order chi connectivity index (χ0) is 15.7. The number of hydrogen-bond donors (Lipinski definition) is 2. The van der Waals surface area contributed by atoms with Gasteiger partial charge < -0.3 is 20.1 Å². The molecule has 0 atom stereocenters. The molecular formula is C17H36N2O2. The predicted octanol–water partition coefficient (Wildman–Crippen LogP) is 2.26. The van der Waals surface area contributed by atoms with Crippen molar-refractivity contribution in [3.8, 4) is 0 Å². The Morgan fingerprint density at radius 2 is 1.86 bits per heavy atom. The summed E-state index contributed by atoms with van der Waals surface area (Å²) in [5, 5.41) is 12.5. The van der Waals surface area contributed by atoms with Crippen LogP contribution in [0.15, 0.2) is 0 Å². The summed E-state index contributed by atoms with van der Waals surface area (Å²) in [6, 6.07) is 0.556. The van der Waals surface area contributed by atoms with Crippen LogP contribution in [0.25, 0.3) is 0 Å². The highest BCUT2D eigenvalue weighted by atomic mass is 16.5. The minimum absolute atomic E-state index is 0.135. The highest BCUT2D eigenvalue weighted by Gasteiger charge is 2.30. The van der Waals surface area contributed by atoms with Gasteiger partial charge in [0.25, 0.3) is 0 Å². The van der Waals surface area contributed by atoms with Crippen LogP contribution in [0.2, 0.25) is 0 Å². The molecule has 1 saturated heterocycles. The van der Waals surface area contributed by atoms with E-state index in [0.29, 0.717) is 24.2 Å². The number of aliphatic hydroxyl groups is 1. The number of nitrogens with zero attached hydrogens (tertiary/aromatic N) is 1. The fraction of sp³-hybridized carbons (Fsp3) is 1.00. The monoisotopic (exact) mass is 300 g/mol. The molecule has 0 radical (unpaired) electrons. The zero-order valence-corrected chi connectivity index (χ0v) is 14.5.